The van der Waals surface area contributed by atoms with Gasteiger partial charge in [0, 0.05) is 69.0 Å². The van der Waals surface area contributed by atoms with E-state index in [0.29, 0.717) is 12.4 Å². The van der Waals surface area contributed by atoms with Crippen molar-refractivity contribution in [3.63, 3.8) is 0 Å². The van der Waals surface area contributed by atoms with E-state index in [1.54, 1.807) is 36.0 Å². The Kier molecular flexibility index (Phi) is 5.17. The number of nitrogens with two attached hydrogens (primary N) is 1. The summed E-state index contributed by atoms with van der Waals surface area (Å²) in [5.74, 6) is 0.317. The number of H-pyrrole nitrogens is 1. The number of hydrogen-bond acceptors (Lipinski definition) is 5. The van der Waals surface area contributed by atoms with Crippen molar-refractivity contribution in [2.75, 3.05) is 5.73 Å². The number of fused-ring (bicyclic) bond motifs is 2. The largest absolute Gasteiger partial charge is 0.383 e. The highest BCUT2D eigenvalue weighted by molar-refractivity contribution is 7.18. The quantitative estimate of drug-likeness (QED) is 0.334. The van der Waals surface area contributed by atoms with Gasteiger partial charge < -0.3 is 16.0 Å². The molecule has 0 saturated heterocycles. The van der Waals surface area contributed by atoms with Gasteiger partial charge >= 0.3 is 0 Å². The van der Waals surface area contributed by atoms with Gasteiger partial charge in [0.15, 0.2) is 0 Å². The van der Waals surface area contributed by atoms with Crippen LogP contribution < -0.4 is 11.1 Å². The van der Waals surface area contributed by atoms with Crippen LogP contribution in [0.4, 0.5) is 5.82 Å². The Balaban J connectivity index is 1.43. The van der Waals surface area contributed by atoms with Gasteiger partial charge in [-0.2, -0.15) is 0 Å². The van der Waals surface area contributed by atoms with E-state index in [-0.39, 0.29) is 5.91 Å². The summed E-state index contributed by atoms with van der Waals surface area (Å²) in [6.07, 6.45) is 8.44. The monoisotopic (exact) mass is 439 g/mol. The number of benzene rings is 1. The fraction of sp³-hybridized carbons (Fsp3) is 0.0800. The number of pyridine rings is 2. The second-order valence-electron chi connectivity index (χ2n) is 7.61. The number of anilines is 1. The molecule has 0 fully saturated rings. The van der Waals surface area contributed by atoms with Gasteiger partial charge in [0.05, 0.1) is 0 Å². The van der Waals surface area contributed by atoms with Crippen LogP contribution in [0, 0.1) is 6.92 Å². The smallest absolute Gasteiger partial charge is 0.244 e. The number of carbonyl (C=O) groups excluding carboxylic acids is 1. The highest BCUT2D eigenvalue weighted by Crippen LogP contribution is 2.39. The molecule has 0 aliphatic carbocycles. The third-order valence-electron chi connectivity index (χ3n) is 5.35. The average molecular weight is 440 g/mol. The Morgan fingerprint density at radius 3 is 2.91 bits per heavy atom. The summed E-state index contributed by atoms with van der Waals surface area (Å²) in [6, 6.07) is 12.2. The summed E-state index contributed by atoms with van der Waals surface area (Å²) in [5, 5.41) is 7.06. The molecule has 158 valence electrons. The summed E-state index contributed by atoms with van der Waals surface area (Å²) >= 11 is 1.60. The third-order valence-corrected chi connectivity index (χ3v) is 6.38. The van der Waals surface area contributed by atoms with Crippen molar-refractivity contribution in [2.45, 2.75) is 13.5 Å². The predicted molar refractivity (Wildman–Crippen MR) is 131 cm³/mol. The van der Waals surface area contributed by atoms with Gasteiger partial charge in [-0.15, -0.1) is 11.3 Å². The normalized spacial score (nSPS) is 11.5. The zero-order chi connectivity index (χ0) is 22.1. The molecule has 0 atom stereocenters. The van der Waals surface area contributed by atoms with Gasteiger partial charge in [-0.3, -0.25) is 9.78 Å². The molecule has 0 aliphatic rings. The molecule has 0 aliphatic heterocycles. The van der Waals surface area contributed by atoms with E-state index >= 15 is 0 Å². The van der Waals surface area contributed by atoms with E-state index in [0.717, 1.165) is 48.9 Å². The number of thiophene rings is 1. The molecule has 5 aromatic rings. The SMILES string of the molecule is Cc1cc2cc(-c3csc4c(C=CC(=O)NCc5ccncc5)cnc(N)c34)ccc2[nH]1. The van der Waals surface area contributed by atoms with Gasteiger partial charge in [0.25, 0.3) is 0 Å². The van der Waals surface area contributed by atoms with Crippen molar-refractivity contribution >= 4 is 50.1 Å². The number of carbonyl (C=O) groups is 1. The van der Waals surface area contributed by atoms with Crippen molar-refractivity contribution in [3.05, 3.63) is 83.3 Å². The van der Waals surface area contributed by atoms with E-state index in [9.17, 15) is 4.79 Å². The van der Waals surface area contributed by atoms with E-state index in [1.165, 1.54) is 6.08 Å². The van der Waals surface area contributed by atoms with Gasteiger partial charge in [-0.05, 0) is 59.8 Å². The minimum absolute atomic E-state index is 0.170. The molecular formula is C25H21N5OS. The van der Waals surface area contributed by atoms with Gasteiger partial charge in [-0.1, -0.05) is 6.07 Å². The molecule has 4 aromatic heterocycles. The van der Waals surface area contributed by atoms with Gasteiger partial charge in [0.2, 0.25) is 5.91 Å². The molecule has 7 heteroatoms. The summed E-state index contributed by atoms with van der Waals surface area (Å²) in [6.45, 7) is 2.50. The van der Waals surface area contributed by atoms with Crippen molar-refractivity contribution in [1.82, 2.24) is 20.3 Å². The minimum Gasteiger partial charge on any atom is -0.383 e. The van der Waals surface area contributed by atoms with E-state index in [1.807, 2.05) is 19.1 Å². The van der Waals surface area contributed by atoms with E-state index in [4.69, 9.17) is 5.73 Å². The Morgan fingerprint density at radius 2 is 2.06 bits per heavy atom. The first kappa shape index (κ1) is 20.0. The molecule has 1 aromatic carbocycles. The van der Waals surface area contributed by atoms with Gasteiger partial charge in [-0.25, -0.2) is 4.98 Å². The molecule has 0 bridgehead atoms. The molecule has 1 amide bonds. The second kappa shape index (κ2) is 8.28. The number of hydrogen-bond donors (Lipinski definition) is 3. The van der Waals surface area contributed by atoms with Crippen molar-refractivity contribution in [2.24, 2.45) is 0 Å². The van der Waals surface area contributed by atoms with Gasteiger partial charge in [0.1, 0.15) is 5.82 Å². The lowest BCUT2D eigenvalue weighted by atomic mass is 10.0. The Hall–Kier alpha value is -3.97. The summed E-state index contributed by atoms with van der Waals surface area (Å²) in [4.78, 5) is 24.0. The number of aryl methyl sites for hydroxylation is 1. The Morgan fingerprint density at radius 1 is 1.22 bits per heavy atom. The first-order chi connectivity index (χ1) is 15.6. The summed E-state index contributed by atoms with van der Waals surface area (Å²) in [5.41, 5.74) is 12.5. The number of nitrogens with zero attached hydrogens (tertiary/aromatic N) is 2. The van der Waals surface area contributed by atoms with Crippen LogP contribution in [-0.4, -0.2) is 20.9 Å². The molecule has 4 heterocycles. The Labute approximate surface area is 188 Å². The van der Waals surface area contributed by atoms with Crippen molar-refractivity contribution in [1.29, 1.82) is 0 Å². The van der Waals surface area contributed by atoms with Crippen LogP contribution in [0.15, 0.2) is 66.4 Å². The number of rotatable bonds is 5. The van der Waals surface area contributed by atoms with Crippen molar-refractivity contribution < 1.29 is 4.79 Å². The lowest BCUT2D eigenvalue weighted by molar-refractivity contribution is -0.116. The number of aromatic nitrogens is 3. The molecule has 0 saturated carbocycles. The molecular weight excluding hydrogens is 418 g/mol. The summed E-state index contributed by atoms with van der Waals surface area (Å²) < 4.78 is 1.01. The van der Waals surface area contributed by atoms with Crippen LogP contribution in [0.1, 0.15) is 16.8 Å². The molecule has 5 rings (SSSR count). The zero-order valence-corrected chi connectivity index (χ0v) is 18.2. The number of aromatic amines is 1. The van der Waals surface area contributed by atoms with Crippen LogP contribution in [0.3, 0.4) is 0 Å². The second-order valence-corrected chi connectivity index (χ2v) is 8.49. The minimum atomic E-state index is -0.170. The maximum atomic E-state index is 12.3. The molecule has 0 radical (unpaired) electrons. The maximum absolute atomic E-state index is 12.3. The fourth-order valence-electron chi connectivity index (χ4n) is 3.78. The van der Waals surface area contributed by atoms with Crippen LogP contribution >= 0.6 is 11.3 Å². The molecule has 6 nitrogen and oxygen atoms in total. The standard InChI is InChI=1S/C25H21N5OS/c1-15-10-19-11-17(2-4-21(19)30-15)20-14-32-24-18(13-29-25(26)23(20)24)3-5-22(31)28-12-16-6-8-27-9-7-16/h2-11,13-14,30H,12H2,1H3,(H2,26,29)(H,28,31). The first-order valence-corrected chi connectivity index (χ1v) is 11.1. The third kappa shape index (κ3) is 3.86. The maximum Gasteiger partial charge on any atom is 0.244 e. The van der Waals surface area contributed by atoms with Crippen LogP contribution in [0.5, 0.6) is 0 Å². The number of amides is 1. The summed E-state index contributed by atoms with van der Waals surface area (Å²) in [7, 11) is 0. The van der Waals surface area contributed by atoms with Crippen molar-refractivity contribution in [3.8, 4) is 11.1 Å². The lowest BCUT2D eigenvalue weighted by Gasteiger charge is -2.05. The van der Waals surface area contributed by atoms with Crippen LogP contribution in [-0.2, 0) is 11.3 Å². The predicted octanol–water partition coefficient (Wildman–Crippen LogP) is 5.06. The molecule has 0 unspecified atom stereocenters. The van der Waals surface area contributed by atoms with E-state index < -0.39 is 0 Å². The topological polar surface area (TPSA) is 96.7 Å². The first-order valence-electron chi connectivity index (χ1n) is 10.2. The highest BCUT2D eigenvalue weighted by Gasteiger charge is 2.14. The average Bonchev–Trinajstić information content (AvgIpc) is 3.41. The number of nitrogen functional groups attached to an aromatic ring is 1. The van der Waals surface area contributed by atoms with Crippen LogP contribution in [0.2, 0.25) is 0 Å². The van der Waals surface area contributed by atoms with Crippen LogP contribution in [0.25, 0.3) is 38.2 Å². The number of nitrogens with one attached hydrogen (secondary N) is 2. The highest BCUT2D eigenvalue weighted by atomic mass is 32.1. The molecule has 0 spiro atoms. The lowest BCUT2D eigenvalue weighted by Crippen LogP contribution is -2.20. The zero-order valence-electron chi connectivity index (χ0n) is 17.4. The van der Waals surface area contributed by atoms with E-state index in [2.05, 4.69) is 49.9 Å². The molecule has 32 heavy (non-hydrogen) atoms. The fourth-order valence-corrected chi connectivity index (χ4v) is 4.86. The Bertz CT molecular complexity index is 1470. The molecule has 4 N–H and O–H groups in total.